The quantitative estimate of drug-likeness (QED) is 0.808. The zero-order valence-electron chi connectivity index (χ0n) is 8.86. The highest BCUT2D eigenvalue weighted by Crippen LogP contribution is 2.26. The van der Waals surface area contributed by atoms with Gasteiger partial charge in [-0.1, -0.05) is 12.1 Å². The average Bonchev–Trinajstić information content (AvgIpc) is 2.50. The van der Waals surface area contributed by atoms with E-state index in [2.05, 4.69) is 0 Å². The summed E-state index contributed by atoms with van der Waals surface area (Å²) < 4.78 is 10.9. The molecule has 0 amide bonds. The third-order valence-electron chi connectivity index (χ3n) is 2.17. The molecule has 0 aromatic heterocycles. The van der Waals surface area contributed by atoms with Gasteiger partial charge in [-0.15, -0.1) is 0 Å². The first-order chi connectivity index (χ1) is 7.05. The van der Waals surface area contributed by atoms with Crippen molar-refractivity contribution >= 4 is 0 Å². The van der Waals surface area contributed by atoms with Gasteiger partial charge in [-0.2, -0.15) is 0 Å². The van der Waals surface area contributed by atoms with E-state index >= 15 is 0 Å². The topological polar surface area (TPSA) is 38.7 Å². The summed E-state index contributed by atoms with van der Waals surface area (Å²) >= 11 is 0. The van der Waals surface area contributed by atoms with Crippen LogP contribution in [0, 0.1) is 0 Å². The van der Waals surface area contributed by atoms with E-state index in [4.69, 9.17) is 14.6 Å². The Balaban J connectivity index is 2.02. The lowest BCUT2D eigenvalue weighted by molar-refractivity contribution is -0.117. The molecule has 0 spiro atoms. The van der Waals surface area contributed by atoms with Crippen LogP contribution in [0.25, 0.3) is 0 Å². The molecule has 0 saturated heterocycles. The summed E-state index contributed by atoms with van der Waals surface area (Å²) in [5, 5.41) is 9.13. The predicted molar refractivity (Wildman–Crippen MR) is 56.1 cm³/mol. The van der Waals surface area contributed by atoms with Gasteiger partial charge in [-0.3, -0.25) is 0 Å². The third-order valence-corrected chi connectivity index (χ3v) is 2.17. The van der Waals surface area contributed by atoms with Crippen LogP contribution in [0.5, 0.6) is 5.75 Å². The van der Waals surface area contributed by atoms with Crippen LogP contribution in [0.1, 0.15) is 19.4 Å². The molecule has 1 aliphatic rings. The van der Waals surface area contributed by atoms with Crippen LogP contribution in [0.3, 0.4) is 0 Å². The van der Waals surface area contributed by atoms with Gasteiger partial charge in [0.2, 0.25) is 5.79 Å². The van der Waals surface area contributed by atoms with Crippen molar-refractivity contribution < 1.29 is 14.6 Å². The fourth-order valence-corrected chi connectivity index (χ4v) is 1.46. The van der Waals surface area contributed by atoms with Crippen molar-refractivity contribution in [1.82, 2.24) is 0 Å². The second kappa shape index (κ2) is 3.50. The van der Waals surface area contributed by atoms with Gasteiger partial charge in [0.15, 0.2) is 0 Å². The Morgan fingerprint density at radius 2 is 1.87 bits per heavy atom. The molecule has 0 fully saturated rings. The Morgan fingerprint density at radius 1 is 1.20 bits per heavy atom. The first-order valence-electron chi connectivity index (χ1n) is 4.89. The summed E-state index contributed by atoms with van der Waals surface area (Å²) in [5.74, 6) is 0.536. The van der Waals surface area contributed by atoms with Crippen LogP contribution >= 0.6 is 0 Å². The van der Waals surface area contributed by atoms with Crippen molar-refractivity contribution in [2.75, 3.05) is 0 Å². The second-order valence-corrected chi connectivity index (χ2v) is 4.05. The van der Waals surface area contributed by atoms with Crippen molar-refractivity contribution in [2.45, 2.75) is 26.1 Å². The van der Waals surface area contributed by atoms with Gasteiger partial charge in [0.1, 0.15) is 17.8 Å². The fraction of sp³-hybridized carbons (Fsp3) is 0.333. The molecule has 1 N–H and O–H groups in total. The fourth-order valence-electron chi connectivity index (χ4n) is 1.46. The molecule has 0 bridgehead atoms. The van der Waals surface area contributed by atoms with Crippen LogP contribution < -0.4 is 0 Å². The molecule has 0 saturated carbocycles. The number of allylic oxidation sites excluding steroid dienone is 1. The molecule has 3 heteroatoms. The summed E-state index contributed by atoms with van der Waals surface area (Å²) in [6.45, 7) is 3.74. The second-order valence-electron chi connectivity index (χ2n) is 4.05. The van der Waals surface area contributed by atoms with Crippen molar-refractivity contribution in [2.24, 2.45) is 0 Å². The molecule has 1 aromatic rings. The van der Waals surface area contributed by atoms with E-state index in [1.54, 1.807) is 18.4 Å². The molecule has 0 radical (unpaired) electrons. The molecule has 3 nitrogen and oxygen atoms in total. The Labute approximate surface area is 88.9 Å². The molecule has 80 valence electrons. The van der Waals surface area contributed by atoms with Gasteiger partial charge in [-0.25, -0.2) is 0 Å². The number of aromatic hydroxyl groups is 1. The summed E-state index contributed by atoms with van der Waals surface area (Å²) in [7, 11) is 0. The highest BCUT2D eigenvalue weighted by molar-refractivity contribution is 5.28. The van der Waals surface area contributed by atoms with Crippen molar-refractivity contribution in [1.29, 1.82) is 0 Å². The monoisotopic (exact) mass is 206 g/mol. The number of hydrogen-bond acceptors (Lipinski definition) is 3. The van der Waals surface area contributed by atoms with Crippen LogP contribution in [0.15, 0.2) is 36.3 Å². The average molecular weight is 206 g/mol. The summed E-state index contributed by atoms with van der Waals surface area (Å²) in [6.07, 6.45) is 2.33. The maximum Gasteiger partial charge on any atom is 0.244 e. The number of phenols is 1. The molecule has 1 aromatic carbocycles. The lowest BCUT2D eigenvalue weighted by Gasteiger charge is -2.18. The van der Waals surface area contributed by atoms with Crippen molar-refractivity contribution in [3.63, 3.8) is 0 Å². The van der Waals surface area contributed by atoms with E-state index in [0.29, 0.717) is 6.42 Å². The van der Waals surface area contributed by atoms with E-state index in [1.165, 1.54) is 0 Å². The molecule has 1 aliphatic heterocycles. The van der Waals surface area contributed by atoms with Gasteiger partial charge >= 0.3 is 0 Å². The zero-order chi connectivity index (χ0) is 10.9. The Morgan fingerprint density at radius 3 is 2.40 bits per heavy atom. The van der Waals surface area contributed by atoms with Gasteiger partial charge in [-0.05, 0) is 17.7 Å². The van der Waals surface area contributed by atoms with Crippen molar-refractivity contribution in [3.05, 3.63) is 41.9 Å². The lowest BCUT2D eigenvalue weighted by atomic mass is 10.1. The molecule has 1 heterocycles. The lowest BCUT2D eigenvalue weighted by Crippen LogP contribution is -2.20. The first kappa shape index (κ1) is 9.90. The smallest absolute Gasteiger partial charge is 0.244 e. The molecule has 0 aliphatic carbocycles. The minimum Gasteiger partial charge on any atom is -0.508 e. The minimum absolute atomic E-state index is 0.275. The van der Waals surface area contributed by atoms with E-state index in [0.717, 1.165) is 11.3 Å². The standard InChI is InChI=1S/C12H14O3/c1-12(2)14-8-11(15-12)7-9-3-5-10(13)6-4-9/h3-6,8,13H,7H2,1-2H3. The largest absolute Gasteiger partial charge is 0.508 e. The summed E-state index contributed by atoms with van der Waals surface area (Å²) in [4.78, 5) is 0. The van der Waals surface area contributed by atoms with Gasteiger partial charge < -0.3 is 14.6 Å². The Kier molecular flexibility index (Phi) is 2.31. The zero-order valence-corrected chi connectivity index (χ0v) is 8.86. The number of rotatable bonds is 2. The van der Waals surface area contributed by atoms with Crippen LogP contribution in [0.4, 0.5) is 0 Å². The molecular weight excluding hydrogens is 192 g/mol. The maximum absolute atomic E-state index is 9.13. The van der Waals surface area contributed by atoms with Crippen molar-refractivity contribution in [3.8, 4) is 5.75 Å². The number of phenolic OH excluding ortho intramolecular Hbond substituents is 1. The molecule has 0 atom stereocenters. The van der Waals surface area contributed by atoms with E-state index < -0.39 is 5.79 Å². The van der Waals surface area contributed by atoms with E-state index in [-0.39, 0.29) is 5.75 Å². The van der Waals surface area contributed by atoms with Gasteiger partial charge in [0.25, 0.3) is 0 Å². The number of hydrogen-bond donors (Lipinski definition) is 1. The van der Waals surface area contributed by atoms with Crippen LogP contribution in [0.2, 0.25) is 0 Å². The number of ether oxygens (including phenoxy) is 2. The van der Waals surface area contributed by atoms with Crippen LogP contribution in [-0.4, -0.2) is 10.9 Å². The van der Waals surface area contributed by atoms with Crippen LogP contribution in [-0.2, 0) is 15.9 Å². The molecule has 0 unspecified atom stereocenters. The highest BCUT2D eigenvalue weighted by Gasteiger charge is 2.27. The normalized spacial score (nSPS) is 17.9. The summed E-state index contributed by atoms with van der Waals surface area (Å²) in [5.41, 5.74) is 1.08. The predicted octanol–water partition coefficient (Wildman–Crippen LogP) is 2.56. The SMILES string of the molecule is CC1(C)OC=C(Cc2ccc(O)cc2)O1. The minimum atomic E-state index is -0.549. The molecule has 2 rings (SSSR count). The maximum atomic E-state index is 9.13. The third kappa shape index (κ3) is 2.43. The Hall–Kier alpha value is -1.64. The number of benzene rings is 1. The molecule has 15 heavy (non-hydrogen) atoms. The van der Waals surface area contributed by atoms with Gasteiger partial charge in [0.05, 0.1) is 0 Å². The highest BCUT2D eigenvalue weighted by atomic mass is 16.7. The molecular formula is C12H14O3. The first-order valence-corrected chi connectivity index (χ1v) is 4.89. The van der Waals surface area contributed by atoms with E-state index in [9.17, 15) is 0 Å². The van der Waals surface area contributed by atoms with E-state index in [1.807, 2.05) is 26.0 Å². The van der Waals surface area contributed by atoms with Gasteiger partial charge in [0, 0.05) is 20.3 Å². The Bertz CT molecular complexity index is 376. The summed E-state index contributed by atoms with van der Waals surface area (Å²) in [6, 6.07) is 7.06.